The molecule has 0 spiro atoms. The van der Waals surface area contributed by atoms with Crippen LogP contribution < -0.4 is 14.7 Å². The first-order chi connectivity index (χ1) is 12.5. The second kappa shape index (κ2) is 6.56. The fraction of sp³-hybridized carbons (Fsp3) is 0.286. The number of ether oxygens (including phenoxy) is 1. The lowest BCUT2D eigenvalue weighted by molar-refractivity contribution is 0.340. The van der Waals surface area contributed by atoms with Gasteiger partial charge in [0.1, 0.15) is 10.4 Å². The van der Waals surface area contributed by atoms with E-state index in [9.17, 15) is 0 Å². The van der Waals surface area contributed by atoms with E-state index in [1.54, 1.807) is 10.3 Å². The van der Waals surface area contributed by atoms with Crippen molar-refractivity contribution in [1.29, 1.82) is 0 Å². The van der Waals surface area contributed by atoms with Gasteiger partial charge in [0.25, 0.3) is 0 Å². The van der Waals surface area contributed by atoms with Crippen LogP contribution in [0.1, 0.15) is 31.2 Å². The fourth-order valence-electron chi connectivity index (χ4n) is 3.26. The van der Waals surface area contributed by atoms with E-state index in [1.165, 1.54) is 27.3 Å². The first kappa shape index (κ1) is 17.3. The molecule has 5 heteroatoms. The molecule has 1 N–H and O–H groups in total. The van der Waals surface area contributed by atoms with Crippen LogP contribution in [-0.4, -0.2) is 6.61 Å². The third kappa shape index (κ3) is 3.06. The van der Waals surface area contributed by atoms with E-state index in [0.717, 1.165) is 16.1 Å². The number of hydrogen-bond donors (Lipinski definition) is 1. The van der Waals surface area contributed by atoms with Gasteiger partial charge in [0, 0.05) is 16.8 Å². The minimum atomic E-state index is -0.0934. The number of rotatable bonds is 3. The van der Waals surface area contributed by atoms with E-state index in [0.29, 0.717) is 6.61 Å². The Bertz CT molecular complexity index is 1010. The van der Waals surface area contributed by atoms with Gasteiger partial charge in [-0.05, 0) is 63.6 Å². The summed E-state index contributed by atoms with van der Waals surface area (Å²) in [5.74, 6) is 0.883. The molecule has 1 aliphatic heterocycles. The molecule has 1 aromatic heterocycles. The lowest BCUT2D eigenvalue weighted by Gasteiger charge is -2.33. The average molecular weight is 383 g/mol. The second-order valence-corrected chi connectivity index (χ2v) is 9.14. The topological polar surface area (TPSA) is 33.6 Å². The molecule has 4 rings (SSSR count). The quantitative estimate of drug-likeness (QED) is 0.557. The summed E-state index contributed by atoms with van der Waals surface area (Å²) in [7, 11) is 3.57. The number of nitrogens with one attached hydrogen (secondary N) is 1. The van der Waals surface area contributed by atoms with Crippen molar-refractivity contribution in [3.05, 3.63) is 57.6 Å². The number of aryl methyl sites for hydroxylation is 1. The summed E-state index contributed by atoms with van der Waals surface area (Å²) in [6.45, 7) is 9.27. The van der Waals surface area contributed by atoms with Gasteiger partial charge in [0.05, 0.1) is 22.7 Å². The van der Waals surface area contributed by atoms with Gasteiger partial charge in [-0.25, -0.2) is 4.99 Å². The van der Waals surface area contributed by atoms with Gasteiger partial charge in [-0.15, -0.1) is 0 Å². The summed E-state index contributed by atoms with van der Waals surface area (Å²) in [6, 6.07) is 14.6. The fourth-order valence-corrected chi connectivity index (χ4v) is 6.20. The molecule has 3 nitrogen and oxygen atoms in total. The highest BCUT2D eigenvalue weighted by Gasteiger charge is 2.33. The van der Waals surface area contributed by atoms with Crippen LogP contribution in [0, 0.1) is 6.92 Å². The summed E-state index contributed by atoms with van der Waals surface area (Å²) < 4.78 is 6.60. The molecular formula is C21H22N2OS2. The number of fused-ring (bicyclic) bond motifs is 3. The minimum Gasteiger partial charge on any atom is -0.494 e. The zero-order chi connectivity index (χ0) is 18.3. The van der Waals surface area contributed by atoms with Crippen LogP contribution in [0.2, 0.25) is 0 Å². The molecule has 3 aromatic rings. The van der Waals surface area contributed by atoms with Gasteiger partial charge in [-0.1, -0.05) is 32.8 Å². The molecule has 2 heterocycles. The van der Waals surface area contributed by atoms with Crippen molar-refractivity contribution < 1.29 is 4.74 Å². The summed E-state index contributed by atoms with van der Waals surface area (Å²) >= 11 is 0. The Balaban J connectivity index is 1.86. The zero-order valence-corrected chi connectivity index (χ0v) is 17.1. The maximum atomic E-state index is 5.53. The van der Waals surface area contributed by atoms with Gasteiger partial charge in [-0.3, -0.25) is 0 Å². The number of hydrogen-bond acceptors (Lipinski definition) is 5. The normalized spacial score (nSPS) is 15.2. The predicted octanol–water partition coefficient (Wildman–Crippen LogP) is 6.08. The lowest BCUT2D eigenvalue weighted by atomic mass is 9.89. The number of anilines is 1. The van der Waals surface area contributed by atoms with Crippen LogP contribution in [0.25, 0.3) is 11.1 Å². The van der Waals surface area contributed by atoms with E-state index in [1.807, 2.05) is 41.5 Å². The van der Waals surface area contributed by atoms with Crippen LogP contribution in [0.15, 0.2) is 47.5 Å². The van der Waals surface area contributed by atoms with Crippen LogP contribution in [0.4, 0.5) is 11.4 Å². The van der Waals surface area contributed by atoms with Crippen molar-refractivity contribution >= 4 is 32.1 Å². The predicted molar refractivity (Wildman–Crippen MR) is 112 cm³/mol. The van der Waals surface area contributed by atoms with Gasteiger partial charge in [0.2, 0.25) is 0 Å². The molecule has 0 unspecified atom stereocenters. The highest BCUT2D eigenvalue weighted by molar-refractivity contribution is 7.68. The largest absolute Gasteiger partial charge is 0.494 e. The van der Waals surface area contributed by atoms with Crippen molar-refractivity contribution in [3.63, 3.8) is 0 Å². The van der Waals surface area contributed by atoms with E-state index in [4.69, 9.17) is 9.73 Å². The maximum absolute atomic E-state index is 5.53. The van der Waals surface area contributed by atoms with Crippen molar-refractivity contribution in [2.75, 3.05) is 11.9 Å². The van der Waals surface area contributed by atoms with Crippen molar-refractivity contribution in [3.8, 4) is 16.9 Å². The molecule has 26 heavy (non-hydrogen) atoms. The first-order valence-electron chi connectivity index (χ1n) is 8.78. The Morgan fingerprint density at radius 1 is 1.08 bits per heavy atom. The summed E-state index contributed by atoms with van der Waals surface area (Å²) in [5, 5.41) is 3.69. The summed E-state index contributed by atoms with van der Waals surface area (Å²) in [4.78, 5) is 6.30. The van der Waals surface area contributed by atoms with E-state index < -0.39 is 0 Å². The molecule has 0 saturated heterocycles. The third-order valence-electron chi connectivity index (χ3n) is 4.48. The summed E-state index contributed by atoms with van der Waals surface area (Å²) in [6.07, 6.45) is 0. The molecule has 0 atom stereocenters. The van der Waals surface area contributed by atoms with Crippen LogP contribution >= 0.6 is 20.7 Å². The van der Waals surface area contributed by atoms with Gasteiger partial charge in [-0.2, -0.15) is 0 Å². The van der Waals surface area contributed by atoms with Crippen LogP contribution in [0.3, 0.4) is 0 Å². The number of nitrogens with zero attached hydrogens (tertiary/aromatic N) is 1. The average Bonchev–Trinajstić information content (AvgIpc) is 3.01. The molecule has 0 aliphatic carbocycles. The molecule has 134 valence electrons. The SMILES string of the molecule is CCOc1ccc(N=c2ssc3c2-c2ccc(C)cc2NC3(C)C)cc1. The molecule has 1 aliphatic rings. The summed E-state index contributed by atoms with van der Waals surface area (Å²) in [5.41, 5.74) is 5.83. The van der Waals surface area contributed by atoms with Gasteiger partial charge < -0.3 is 10.1 Å². The standard InChI is InChI=1S/C21H22N2OS2/c1-5-24-15-9-7-14(8-10-15)22-20-18-16-11-6-13(2)12-17(16)23-21(3,4)19(18)25-26-20/h6-12,23H,5H2,1-4H3. The Morgan fingerprint density at radius 3 is 2.58 bits per heavy atom. The highest BCUT2D eigenvalue weighted by Crippen LogP contribution is 2.45. The third-order valence-corrected chi connectivity index (χ3v) is 7.12. The molecule has 0 amide bonds. The van der Waals surface area contributed by atoms with Crippen LogP contribution in [-0.2, 0) is 5.54 Å². The lowest BCUT2D eigenvalue weighted by Crippen LogP contribution is -2.31. The molecule has 0 radical (unpaired) electrons. The smallest absolute Gasteiger partial charge is 0.135 e. The monoisotopic (exact) mass is 382 g/mol. The first-order valence-corrected chi connectivity index (χ1v) is 10.9. The Hall–Kier alpha value is -2.11. The molecular weight excluding hydrogens is 360 g/mol. The second-order valence-electron chi connectivity index (χ2n) is 7.01. The van der Waals surface area contributed by atoms with Crippen LogP contribution in [0.5, 0.6) is 5.75 Å². The van der Waals surface area contributed by atoms with Crippen molar-refractivity contribution in [2.24, 2.45) is 4.99 Å². The molecule has 2 aromatic carbocycles. The Labute approximate surface area is 161 Å². The minimum absolute atomic E-state index is 0.0934. The van der Waals surface area contributed by atoms with Crippen molar-refractivity contribution in [1.82, 2.24) is 0 Å². The van der Waals surface area contributed by atoms with E-state index in [2.05, 4.69) is 44.3 Å². The molecule has 0 saturated carbocycles. The van der Waals surface area contributed by atoms with Gasteiger partial charge in [0.15, 0.2) is 0 Å². The maximum Gasteiger partial charge on any atom is 0.135 e. The van der Waals surface area contributed by atoms with Crippen molar-refractivity contribution in [2.45, 2.75) is 33.2 Å². The van der Waals surface area contributed by atoms with Gasteiger partial charge >= 0.3 is 0 Å². The zero-order valence-electron chi connectivity index (χ0n) is 15.4. The number of benzene rings is 2. The molecule has 0 fully saturated rings. The van der Waals surface area contributed by atoms with E-state index in [-0.39, 0.29) is 5.54 Å². The van der Waals surface area contributed by atoms with E-state index >= 15 is 0 Å². The molecule has 0 bridgehead atoms. The Kier molecular flexibility index (Phi) is 4.37. The highest BCUT2D eigenvalue weighted by atomic mass is 32.9. The Morgan fingerprint density at radius 2 is 1.85 bits per heavy atom.